The summed E-state index contributed by atoms with van der Waals surface area (Å²) in [6, 6.07) is 7.20. The molecule has 1 N–H and O–H groups in total. The van der Waals surface area contributed by atoms with Gasteiger partial charge in [0, 0.05) is 0 Å². The number of sulfonamides is 1. The van der Waals surface area contributed by atoms with Crippen LogP contribution in [0.5, 0.6) is 0 Å². The van der Waals surface area contributed by atoms with Crippen molar-refractivity contribution in [3.8, 4) is 12.1 Å². The SMILES string of the molecule is N#CCNS(=O)(=O)c1ccc(C#N)c(Cl)c1. The van der Waals surface area contributed by atoms with Crippen molar-refractivity contribution >= 4 is 21.6 Å². The largest absolute Gasteiger partial charge is 0.241 e. The topological polar surface area (TPSA) is 93.8 Å². The van der Waals surface area contributed by atoms with E-state index < -0.39 is 10.0 Å². The van der Waals surface area contributed by atoms with Crippen molar-refractivity contribution < 1.29 is 8.42 Å². The summed E-state index contributed by atoms with van der Waals surface area (Å²) in [5.74, 6) is 0. The summed E-state index contributed by atoms with van der Waals surface area (Å²) in [7, 11) is -3.74. The van der Waals surface area contributed by atoms with Gasteiger partial charge in [0.15, 0.2) is 0 Å². The zero-order chi connectivity index (χ0) is 12.2. The van der Waals surface area contributed by atoms with E-state index in [-0.39, 0.29) is 22.0 Å². The molecular formula is C9H6ClN3O2S. The van der Waals surface area contributed by atoms with Gasteiger partial charge in [-0.05, 0) is 18.2 Å². The number of hydrogen-bond acceptors (Lipinski definition) is 4. The van der Waals surface area contributed by atoms with E-state index in [0.717, 1.165) is 0 Å². The highest BCUT2D eigenvalue weighted by molar-refractivity contribution is 7.89. The summed E-state index contributed by atoms with van der Waals surface area (Å²) in [5.41, 5.74) is 0.195. The van der Waals surface area contributed by atoms with Crippen molar-refractivity contribution in [1.29, 1.82) is 10.5 Å². The monoisotopic (exact) mass is 255 g/mol. The van der Waals surface area contributed by atoms with E-state index in [1.54, 1.807) is 6.07 Å². The smallest absolute Gasteiger partial charge is 0.207 e. The van der Waals surface area contributed by atoms with Crippen LogP contribution < -0.4 is 4.72 Å². The Morgan fingerprint density at radius 3 is 2.56 bits per heavy atom. The van der Waals surface area contributed by atoms with E-state index in [4.69, 9.17) is 22.1 Å². The van der Waals surface area contributed by atoms with Crippen LogP contribution in [0.3, 0.4) is 0 Å². The van der Waals surface area contributed by atoms with Gasteiger partial charge in [-0.25, -0.2) is 8.42 Å². The second-order valence-corrected chi connectivity index (χ2v) is 4.91. The molecule has 0 aliphatic heterocycles. The molecule has 0 aliphatic rings. The first-order chi connectivity index (χ1) is 7.51. The quantitative estimate of drug-likeness (QED) is 0.816. The Bertz CT molecular complexity index is 584. The van der Waals surface area contributed by atoms with Gasteiger partial charge < -0.3 is 0 Å². The van der Waals surface area contributed by atoms with Crippen LogP contribution in [-0.4, -0.2) is 15.0 Å². The molecule has 0 atom stereocenters. The Labute approximate surface area is 97.9 Å². The number of hydrogen-bond donors (Lipinski definition) is 1. The van der Waals surface area contributed by atoms with Crippen LogP contribution >= 0.6 is 11.6 Å². The zero-order valence-electron chi connectivity index (χ0n) is 7.94. The molecule has 0 saturated heterocycles. The lowest BCUT2D eigenvalue weighted by atomic mass is 10.2. The van der Waals surface area contributed by atoms with E-state index in [9.17, 15) is 8.42 Å². The van der Waals surface area contributed by atoms with Crippen molar-refractivity contribution in [1.82, 2.24) is 4.72 Å². The molecular weight excluding hydrogens is 250 g/mol. The lowest BCUT2D eigenvalue weighted by Crippen LogP contribution is -2.23. The molecule has 0 spiro atoms. The number of nitriles is 2. The highest BCUT2D eigenvalue weighted by Gasteiger charge is 2.14. The van der Waals surface area contributed by atoms with Gasteiger partial charge in [0.25, 0.3) is 0 Å². The highest BCUT2D eigenvalue weighted by atomic mass is 35.5. The molecule has 0 radical (unpaired) electrons. The molecule has 0 bridgehead atoms. The average molecular weight is 256 g/mol. The van der Waals surface area contributed by atoms with Crippen molar-refractivity contribution in [2.75, 3.05) is 6.54 Å². The number of halogens is 1. The molecule has 16 heavy (non-hydrogen) atoms. The van der Waals surface area contributed by atoms with Crippen LogP contribution in [0.2, 0.25) is 5.02 Å². The average Bonchev–Trinajstić information content (AvgIpc) is 2.26. The van der Waals surface area contributed by atoms with Crippen LogP contribution in [0.1, 0.15) is 5.56 Å². The summed E-state index contributed by atoms with van der Waals surface area (Å²) < 4.78 is 25.1. The molecule has 0 unspecified atom stereocenters. The van der Waals surface area contributed by atoms with Gasteiger partial charge >= 0.3 is 0 Å². The van der Waals surface area contributed by atoms with Gasteiger partial charge in [-0.2, -0.15) is 15.2 Å². The second kappa shape index (κ2) is 4.95. The lowest BCUT2D eigenvalue weighted by molar-refractivity contribution is 0.586. The van der Waals surface area contributed by atoms with Crippen LogP contribution in [0.4, 0.5) is 0 Å². The van der Waals surface area contributed by atoms with Gasteiger partial charge in [0.05, 0.1) is 28.1 Å². The Kier molecular flexibility index (Phi) is 3.86. The first kappa shape index (κ1) is 12.5. The molecule has 0 saturated carbocycles. The van der Waals surface area contributed by atoms with E-state index in [1.165, 1.54) is 18.2 Å². The molecule has 0 fully saturated rings. The van der Waals surface area contributed by atoms with Gasteiger partial charge in [-0.15, -0.1) is 0 Å². The molecule has 0 aliphatic carbocycles. The van der Waals surface area contributed by atoms with Crippen LogP contribution in [0.25, 0.3) is 0 Å². The first-order valence-corrected chi connectivity index (χ1v) is 5.93. The summed E-state index contributed by atoms with van der Waals surface area (Å²) >= 11 is 5.69. The molecule has 1 rings (SSSR count). The van der Waals surface area contributed by atoms with E-state index in [0.29, 0.717) is 0 Å². The normalized spacial score (nSPS) is 10.4. The lowest BCUT2D eigenvalue weighted by Gasteiger charge is -2.04. The maximum absolute atomic E-state index is 11.5. The third kappa shape index (κ3) is 2.71. The Morgan fingerprint density at radius 2 is 2.06 bits per heavy atom. The van der Waals surface area contributed by atoms with Crippen molar-refractivity contribution in [2.45, 2.75) is 4.90 Å². The Morgan fingerprint density at radius 1 is 1.38 bits per heavy atom. The summed E-state index contributed by atoms with van der Waals surface area (Å²) in [4.78, 5) is -0.0771. The van der Waals surface area contributed by atoms with E-state index >= 15 is 0 Å². The summed E-state index contributed by atoms with van der Waals surface area (Å²) in [6.07, 6.45) is 0. The molecule has 0 heterocycles. The Hall–Kier alpha value is -1.60. The van der Waals surface area contributed by atoms with Gasteiger partial charge in [-0.1, -0.05) is 11.6 Å². The highest BCUT2D eigenvalue weighted by Crippen LogP contribution is 2.19. The molecule has 1 aromatic carbocycles. The summed E-state index contributed by atoms with van der Waals surface area (Å²) in [5, 5.41) is 16.9. The van der Waals surface area contributed by atoms with Crippen LogP contribution in [0.15, 0.2) is 23.1 Å². The first-order valence-electron chi connectivity index (χ1n) is 4.07. The maximum atomic E-state index is 11.5. The molecule has 7 heteroatoms. The third-order valence-corrected chi connectivity index (χ3v) is 3.42. The zero-order valence-corrected chi connectivity index (χ0v) is 9.51. The van der Waals surface area contributed by atoms with E-state index in [2.05, 4.69) is 4.72 Å². The standard InChI is InChI=1S/C9H6ClN3O2S/c10-9-5-8(2-1-7(9)6-12)16(14,15)13-4-3-11/h1-2,5,13H,4H2. The minimum absolute atomic E-state index is 0.0577. The van der Waals surface area contributed by atoms with Crippen molar-refractivity contribution in [3.63, 3.8) is 0 Å². The van der Waals surface area contributed by atoms with Gasteiger partial charge in [-0.3, -0.25) is 0 Å². The van der Waals surface area contributed by atoms with Crippen molar-refractivity contribution in [3.05, 3.63) is 28.8 Å². The molecule has 5 nitrogen and oxygen atoms in total. The fourth-order valence-corrected chi connectivity index (χ4v) is 2.19. The fourth-order valence-electron chi connectivity index (χ4n) is 0.964. The summed E-state index contributed by atoms with van der Waals surface area (Å²) in [6.45, 7) is -0.319. The van der Waals surface area contributed by atoms with Gasteiger partial charge in [0.1, 0.15) is 6.07 Å². The number of rotatable bonds is 3. The third-order valence-electron chi connectivity index (χ3n) is 1.71. The minimum Gasteiger partial charge on any atom is -0.207 e. The van der Waals surface area contributed by atoms with Crippen LogP contribution in [0, 0.1) is 22.7 Å². The second-order valence-electron chi connectivity index (χ2n) is 2.74. The predicted octanol–water partition coefficient (Wildman–Crippen LogP) is 1.01. The minimum atomic E-state index is -3.74. The molecule has 0 aromatic heterocycles. The Balaban J connectivity index is 3.13. The molecule has 1 aromatic rings. The molecule has 82 valence electrons. The molecule has 0 amide bonds. The van der Waals surface area contributed by atoms with Crippen molar-refractivity contribution in [2.24, 2.45) is 0 Å². The number of benzene rings is 1. The van der Waals surface area contributed by atoms with Crippen LogP contribution in [-0.2, 0) is 10.0 Å². The predicted molar refractivity (Wildman–Crippen MR) is 57.0 cm³/mol. The number of nitrogens with zero attached hydrogens (tertiary/aromatic N) is 2. The maximum Gasteiger partial charge on any atom is 0.241 e. The van der Waals surface area contributed by atoms with E-state index in [1.807, 2.05) is 6.07 Å². The fraction of sp³-hybridized carbons (Fsp3) is 0.111. The number of nitrogens with one attached hydrogen (secondary N) is 1. The van der Waals surface area contributed by atoms with Gasteiger partial charge in [0.2, 0.25) is 10.0 Å².